The largest absolute Gasteiger partial charge is 0.376 e. The minimum Gasteiger partial charge on any atom is -0.376 e. The van der Waals surface area contributed by atoms with Crippen LogP contribution in [0.5, 0.6) is 0 Å². The molecule has 0 saturated carbocycles. The van der Waals surface area contributed by atoms with Gasteiger partial charge >= 0.3 is 0 Å². The molecule has 82 valence electrons. The molecule has 1 saturated heterocycles. The summed E-state index contributed by atoms with van der Waals surface area (Å²) < 4.78 is 5.57. The van der Waals surface area contributed by atoms with Crippen molar-refractivity contribution in [3.63, 3.8) is 0 Å². The lowest BCUT2D eigenvalue weighted by molar-refractivity contribution is -0.0457. The summed E-state index contributed by atoms with van der Waals surface area (Å²) in [5.41, 5.74) is 1.24. The van der Waals surface area contributed by atoms with E-state index in [2.05, 4.69) is 30.6 Å². The molecule has 1 aliphatic heterocycles. The highest BCUT2D eigenvalue weighted by Crippen LogP contribution is 2.12. The molecule has 1 fully saturated rings. The van der Waals surface area contributed by atoms with Gasteiger partial charge in [0.2, 0.25) is 0 Å². The maximum Gasteiger partial charge on any atom is 0.0674 e. The maximum atomic E-state index is 5.57. The zero-order valence-electron chi connectivity index (χ0n) is 9.55. The van der Waals surface area contributed by atoms with Gasteiger partial charge in [-0.2, -0.15) is 0 Å². The summed E-state index contributed by atoms with van der Waals surface area (Å²) in [7, 11) is 1.95. The van der Waals surface area contributed by atoms with Crippen molar-refractivity contribution in [3.8, 4) is 0 Å². The van der Waals surface area contributed by atoms with E-state index in [1.54, 1.807) is 0 Å². The number of likely N-dealkylation sites (N-methyl/N-ethyl adjacent to an activating group) is 1. The van der Waals surface area contributed by atoms with E-state index < -0.39 is 0 Å². The normalized spacial score (nSPS) is 29.1. The van der Waals surface area contributed by atoms with E-state index in [0.29, 0.717) is 12.1 Å². The summed E-state index contributed by atoms with van der Waals surface area (Å²) >= 11 is 0. The molecule has 0 amide bonds. The standard InChI is InChI=1S/C11H22N2O/c1-9(5-12-4)6-13-7-11(3)14-8-10(13)2/h10-12H,1,5-8H2,2-4H3. The van der Waals surface area contributed by atoms with E-state index in [-0.39, 0.29) is 0 Å². The van der Waals surface area contributed by atoms with Gasteiger partial charge in [-0.15, -0.1) is 0 Å². The van der Waals surface area contributed by atoms with Crippen LogP contribution in [0.3, 0.4) is 0 Å². The molecule has 1 N–H and O–H groups in total. The number of hydrogen-bond acceptors (Lipinski definition) is 3. The third kappa shape index (κ3) is 3.40. The quantitative estimate of drug-likeness (QED) is 0.678. The molecule has 0 bridgehead atoms. The Morgan fingerprint density at radius 1 is 1.57 bits per heavy atom. The molecule has 0 aromatic rings. The highest BCUT2D eigenvalue weighted by atomic mass is 16.5. The summed E-state index contributed by atoms with van der Waals surface area (Å²) in [5.74, 6) is 0. The lowest BCUT2D eigenvalue weighted by Crippen LogP contribution is -2.48. The first-order valence-electron chi connectivity index (χ1n) is 5.30. The molecule has 2 unspecified atom stereocenters. The Hall–Kier alpha value is -0.380. The molecule has 1 rings (SSSR count). The van der Waals surface area contributed by atoms with E-state index in [0.717, 1.165) is 26.2 Å². The van der Waals surface area contributed by atoms with Gasteiger partial charge in [0.05, 0.1) is 12.7 Å². The fourth-order valence-corrected chi connectivity index (χ4v) is 1.79. The number of hydrogen-bond donors (Lipinski definition) is 1. The minimum absolute atomic E-state index is 0.355. The van der Waals surface area contributed by atoms with Gasteiger partial charge in [-0.25, -0.2) is 0 Å². The van der Waals surface area contributed by atoms with Crippen LogP contribution in [-0.2, 0) is 4.74 Å². The van der Waals surface area contributed by atoms with Crippen molar-refractivity contribution in [1.29, 1.82) is 0 Å². The third-order valence-electron chi connectivity index (χ3n) is 2.59. The molecule has 0 spiro atoms. The first kappa shape index (κ1) is 11.7. The van der Waals surface area contributed by atoms with E-state index in [1.165, 1.54) is 5.57 Å². The fourth-order valence-electron chi connectivity index (χ4n) is 1.79. The van der Waals surface area contributed by atoms with E-state index in [9.17, 15) is 0 Å². The number of rotatable bonds is 4. The monoisotopic (exact) mass is 198 g/mol. The molecule has 1 heterocycles. The summed E-state index contributed by atoms with van der Waals surface area (Å²) in [6.45, 7) is 12.1. The van der Waals surface area contributed by atoms with Gasteiger partial charge in [0, 0.05) is 25.7 Å². The first-order chi connectivity index (χ1) is 6.63. The second kappa shape index (κ2) is 5.49. The molecule has 3 heteroatoms. The topological polar surface area (TPSA) is 24.5 Å². The average Bonchev–Trinajstić information content (AvgIpc) is 2.12. The Morgan fingerprint density at radius 3 is 2.93 bits per heavy atom. The summed E-state index contributed by atoms with van der Waals surface area (Å²) in [6.07, 6.45) is 0.355. The summed E-state index contributed by atoms with van der Waals surface area (Å²) in [4.78, 5) is 2.44. The van der Waals surface area contributed by atoms with E-state index in [1.807, 2.05) is 7.05 Å². The Balaban J connectivity index is 2.37. The highest BCUT2D eigenvalue weighted by molar-refractivity contribution is 5.00. The summed E-state index contributed by atoms with van der Waals surface area (Å²) in [6, 6.07) is 0.514. The van der Waals surface area contributed by atoms with Crippen molar-refractivity contribution in [2.24, 2.45) is 0 Å². The predicted molar refractivity (Wildman–Crippen MR) is 59.5 cm³/mol. The number of ether oxygens (including phenoxy) is 1. The van der Waals surface area contributed by atoms with Crippen LogP contribution >= 0.6 is 0 Å². The van der Waals surface area contributed by atoms with Crippen LogP contribution in [0.4, 0.5) is 0 Å². The van der Waals surface area contributed by atoms with E-state index >= 15 is 0 Å². The van der Waals surface area contributed by atoms with Crippen LogP contribution < -0.4 is 5.32 Å². The zero-order valence-corrected chi connectivity index (χ0v) is 9.55. The third-order valence-corrected chi connectivity index (χ3v) is 2.59. The Morgan fingerprint density at radius 2 is 2.29 bits per heavy atom. The zero-order chi connectivity index (χ0) is 10.6. The Bertz CT molecular complexity index is 194. The van der Waals surface area contributed by atoms with Crippen LogP contribution in [0.25, 0.3) is 0 Å². The van der Waals surface area contributed by atoms with Gasteiger partial charge in [-0.3, -0.25) is 4.90 Å². The van der Waals surface area contributed by atoms with Gasteiger partial charge in [-0.05, 0) is 26.5 Å². The van der Waals surface area contributed by atoms with Crippen LogP contribution in [-0.4, -0.2) is 50.3 Å². The molecule has 0 aromatic carbocycles. The minimum atomic E-state index is 0.355. The molecular formula is C11H22N2O. The van der Waals surface area contributed by atoms with Crippen LogP contribution in [0, 0.1) is 0 Å². The Labute approximate surface area is 87.1 Å². The number of nitrogens with zero attached hydrogens (tertiary/aromatic N) is 1. The van der Waals surface area contributed by atoms with Crippen molar-refractivity contribution >= 4 is 0 Å². The van der Waals surface area contributed by atoms with E-state index in [4.69, 9.17) is 4.74 Å². The second-order valence-electron chi connectivity index (χ2n) is 4.20. The van der Waals surface area contributed by atoms with Crippen molar-refractivity contribution in [3.05, 3.63) is 12.2 Å². The maximum absolute atomic E-state index is 5.57. The van der Waals surface area contributed by atoms with Crippen molar-refractivity contribution in [2.75, 3.05) is 33.3 Å². The lowest BCUT2D eigenvalue weighted by Gasteiger charge is -2.37. The Kier molecular flexibility index (Phi) is 4.58. The van der Waals surface area contributed by atoms with Crippen molar-refractivity contribution in [1.82, 2.24) is 10.2 Å². The van der Waals surface area contributed by atoms with Gasteiger partial charge < -0.3 is 10.1 Å². The van der Waals surface area contributed by atoms with Crippen LogP contribution in [0.15, 0.2) is 12.2 Å². The average molecular weight is 198 g/mol. The van der Waals surface area contributed by atoms with Crippen LogP contribution in [0.2, 0.25) is 0 Å². The smallest absolute Gasteiger partial charge is 0.0674 e. The van der Waals surface area contributed by atoms with Gasteiger partial charge in [-0.1, -0.05) is 6.58 Å². The van der Waals surface area contributed by atoms with Gasteiger partial charge in [0.1, 0.15) is 0 Å². The summed E-state index contributed by atoms with van der Waals surface area (Å²) in [5, 5.41) is 3.13. The molecule has 0 aliphatic carbocycles. The molecule has 1 aliphatic rings. The number of morpholine rings is 1. The molecule has 3 nitrogen and oxygen atoms in total. The highest BCUT2D eigenvalue weighted by Gasteiger charge is 2.23. The second-order valence-corrected chi connectivity index (χ2v) is 4.20. The fraction of sp³-hybridized carbons (Fsp3) is 0.818. The molecular weight excluding hydrogens is 176 g/mol. The van der Waals surface area contributed by atoms with Crippen molar-refractivity contribution < 1.29 is 4.74 Å². The first-order valence-corrected chi connectivity index (χ1v) is 5.30. The molecule has 0 radical (unpaired) electrons. The molecule has 2 atom stereocenters. The molecule has 0 aromatic heterocycles. The SMILES string of the molecule is C=C(CNC)CN1CC(C)OCC1C. The lowest BCUT2D eigenvalue weighted by atomic mass is 10.1. The van der Waals surface area contributed by atoms with Crippen LogP contribution in [0.1, 0.15) is 13.8 Å². The van der Waals surface area contributed by atoms with Crippen molar-refractivity contribution in [2.45, 2.75) is 26.0 Å². The number of nitrogens with one attached hydrogen (secondary N) is 1. The van der Waals surface area contributed by atoms with Gasteiger partial charge in [0.15, 0.2) is 0 Å². The van der Waals surface area contributed by atoms with Gasteiger partial charge in [0.25, 0.3) is 0 Å². The predicted octanol–water partition coefficient (Wildman–Crippen LogP) is 0.871. The molecule has 14 heavy (non-hydrogen) atoms.